The van der Waals surface area contributed by atoms with Crippen molar-refractivity contribution in [3.8, 4) is 26.8 Å². The lowest BCUT2D eigenvalue weighted by molar-refractivity contribution is -0.147. The molecular formula is C24H28N2O6S2. The van der Waals surface area contributed by atoms with Crippen LogP contribution in [0.25, 0.3) is 21.0 Å². The molecule has 34 heavy (non-hydrogen) atoms. The lowest BCUT2D eigenvalue weighted by Gasteiger charge is -2.36. The van der Waals surface area contributed by atoms with Gasteiger partial charge in [-0.2, -0.15) is 8.42 Å². The van der Waals surface area contributed by atoms with E-state index >= 15 is 0 Å². The van der Waals surface area contributed by atoms with Crippen molar-refractivity contribution in [3.05, 3.63) is 60.3 Å². The summed E-state index contributed by atoms with van der Waals surface area (Å²) in [7, 11) is -3.67. The van der Waals surface area contributed by atoms with Gasteiger partial charge in [0.15, 0.2) is 0 Å². The second-order valence-electron chi connectivity index (χ2n) is 8.38. The van der Waals surface area contributed by atoms with Gasteiger partial charge in [0.05, 0.1) is 23.2 Å². The molecule has 1 aromatic heterocycles. The zero-order valence-electron chi connectivity index (χ0n) is 19.2. The van der Waals surface area contributed by atoms with E-state index in [1.54, 1.807) is 11.3 Å². The summed E-state index contributed by atoms with van der Waals surface area (Å²) in [4.78, 5) is 18.8. The van der Waals surface area contributed by atoms with Crippen LogP contribution in [0.1, 0.15) is 19.4 Å². The number of hydrogen-bond donors (Lipinski definition) is 2. The summed E-state index contributed by atoms with van der Waals surface area (Å²) in [6, 6.07) is 16.5. The topological polar surface area (TPSA) is 117 Å². The van der Waals surface area contributed by atoms with Crippen LogP contribution in [0.4, 0.5) is 0 Å². The van der Waals surface area contributed by atoms with E-state index in [2.05, 4.69) is 46.3 Å². The minimum Gasteiger partial charge on any atom is -0.491 e. The van der Waals surface area contributed by atoms with Crippen LogP contribution in [0.2, 0.25) is 0 Å². The molecule has 4 rings (SSSR count). The number of thiazole rings is 1. The monoisotopic (exact) mass is 504 g/mol. The van der Waals surface area contributed by atoms with Gasteiger partial charge in [0.2, 0.25) is 0 Å². The summed E-state index contributed by atoms with van der Waals surface area (Å²) in [5.41, 5.74) is 3.42. The molecule has 8 nitrogen and oxygen atoms in total. The molecule has 0 spiro atoms. The third-order valence-corrected chi connectivity index (χ3v) is 6.03. The average molecular weight is 505 g/mol. The minimum absolute atomic E-state index is 0.165. The molecular weight excluding hydrogens is 476 g/mol. The molecule has 0 unspecified atom stereocenters. The first kappa shape index (κ1) is 25.8. The van der Waals surface area contributed by atoms with E-state index in [4.69, 9.17) is 14.4 Å². The molecule has 1 aliphatic heterocycles. The third kappa shape index (κ3) is 7.91. The Morgan fingerprint density at radius 2 is 1.68 bits per heavy atom. The van der Waals surface area contributed by atoms with Crippen molar-refractivity contribution in [3.63, 3.8) is 0 Å². The minimum atomic E-state index is -3.67. The second kappa shape index (κ2) is 11.1. The molecule has 0 bridgehead atoms. The number of aromatic nitrogens is 1. The fraction of sp³-hybridized carbons (Fsp3) is 0.333. The van der Waals surface area contributed by atoms with Crippen molar-refractivity contribution in [2.75, 3.05) is 19.3 Å². The molecule has 0 radical (unpaired) electrons. The predicted octanol–water partition coefficient (Wildman–Crippen LogP) is 4.28. The van der Waals surface area contributed by atoms with E-state index in [1.165, 1.54) is 5.56 Å². The van der Waals surface area contributed by atoms with Gasteiger partial charge in [-0.15, -0.1) is 11.3 Å². The number of nitrogens with zero attached hydrogens (tertiary/aromatic N) is 2. The van der Waals surface area contributed by atoms with Crippen LogP contribution in [0.3, 0.4) is 0 Å². The number of carboxylic acids is 1. The van der Waals surface area contributed by atoms with Gasteiger partial charge < -0.3 is 9.84 Å². The predicted molar refractivity (Wildman–Crippen MR) is 133 cm³/mol. The summed E-state index contributed by atoms with van der Waals surface area (Å²) in [5, 5.41) is 9.96. The lowest BCUT2D eigenvalue weighted by atomic mass is 9.99. The van der Waals surface area contributed by atoms with Crippen LogP contribution in [-0.2, 0) is 21.5 Å². The second-order valence-corrected chi connectivity index (χ2v) is 10.9. The average Bonchev–Trinajstić information content (AvgIpc) is 3.19. The Balaban J connectivity index is 0.000000588. The summed E-state index contributed by atoms with van der Waals surface area (Å²) in [5.74, 6) is -0.0340. The van der Waals surface area contributed by atoms with Crippen LogP contribution in [0.15, 0.2) is 54.7 Å². The maximum Gasteiger partial charge on any atom is 0.309 e. The molecule has 1 aliphatic rings. The molecule has 1 fully saturated rings. The lowest BCUT2D eigenvalue weighted by Crippen LogP contribution is -2.49. The first-order valence-corrected chi connectivity index (χ1v) is 13.3. The van der Waals surface area contributed by atoms with Crippen molar-refractivity contribution in [2.24, 2.45) is 5.92 Å². The first-order chi connectivity index (χ1) is 16.0. The molecule has 2 aromatic carbocycles. The normalized spacial score (nSPS) is 14.3. The summed E-state index contributed by atoms with van der Waals surface area (Å²) in [6.07, 6.45) is 2.80. The zero-order chi connectivity index (χ0) is 24.9. The van der Waals surface area contributed by atoms with Gasteiger partial charge in [0.25, 0.3) is 10.1 Å². The van der Waals surface area contributed by atoms with Crippen molar-refractivity contribution >= 4 is 27.4 Å². The van der Waals surface area contributed by atoms with E-state index in [9.17, 15) is 13.2 Å². The Labute approximate surface area is 203 Å². The van der Waals surface area contributed by atoms with Gasteiger partial charge in [0.1, 0.15) is 10.8 Å². The maximum atomic E-state index is 10.9. The maximum absolute atomic E-state index is 10.9. The highest BCUT2D eigenvalue weighted by molar-refractivity contribution is 7.85. The highest BCUT2D eigenvalue weighted by Gasteiger charge is 2.32. The van der Waals surface area contributed by atoms with Gasteiger partial charge in [-0.05, 0) is 49.2 Å². The molecule has 0 atom stereocenters. The van der Waals surface area contributed by atoms with E-state index in [0.29, 0.717) is 19.3 Å². The Kier molecular flexibility index (Phi) is 8.42. The fourth-order valence-electron chi connectivity index (χ4n) is 3.38. The van der Waals surface area contributed by atoms with Crippen LogP contribution in [0.5, 0.6) is 5.75 Å². The number of carboxylic acid groups (broad SMARTS) is 1. The molecule has 0 aliphatic carbocycles. The van der Waals surface area contributed by atoms with Gasteiger partial charge >= 0.3 is 5.97 Å². The molecule has 10 heteroatoms. The zero-order valence-corrected chi connectivity index (χ0v) is 20.8. The number of likely N-dealkylation sites (tertiary alicyclic amines) is 1. The van der Waals surface area contributed by atoms with Gasteiger partial charge in [-0.1, -0.05) is 24.3 Å². The first-order valence-electron chi connectivity index (χ1n) is 10.7. The van der Waals surface area contributed by atoms with E-state index in [-0.39, 0.29) is 12.0 Å². The van der Waals surface area contributed by atoms with Gasteiger partial charge in [-0.3, -0.25) is 14.2 Å². The van der Waals surface area contributed by atoms with Crippen molar-refractivity contribution < 1.29 is 27.6 Å². The number of ether oxygens (including phenoxy) is 1. The largest absolute Gasteiger partial charge is 0.491 e. The highest BCUT2D eigenvalue weighted by Crippen LogP contribution is 2.33. The Hall–Kier alpha value is -2.79. The number of aliphatic carboxylic acids is 1. The highest BCUT2D eigenvalue weighted by atomic mass is 32.2. The molecule has 0 amide bonds. The van der Waals surface area contributed by atoms with Crippen molar-refractivity contribution in [1.82, 2.24) is 9.88 Å². The number of benzene rings is 2. The quantitative estimate of drug-likeness (QED) is 0.458. The number of hydrogen-bond acceptors (Lipinski definition) is 7. The fourth-order valence-corrected chi connectivity index (χ4v) is 4.30. The summed E-state index contributed by atoms with van der Waals surface area (Å²) < 4.78 is 31.6. The molecule has 0 saturated carbocycles. The van der Waals surface area contributed by atoms with Crippen LogP contribution in [-0.4, -0.2) is 59.4 Å². The van der Waals surface area contributed by atoms with Gasteiger partial charge in [-0.25, -0.2) is 4.98 Å². The van der Waals surface area contributed by atoms with E-state index in [1.807, 2.05) is 32.2 Å². The van der Waals surface area contributed by atoms with Crippen LogP contribution < -0.4 is 4.74 Å². The molecule has 2 heterocycles. The molecule has 3 aromatic rings. The third-order valence-electron chi connectivity index (χ3n) is 4.93. The molecule has 1 saturated heterocycles. The number of rotatable bonds is 7. The van der Waals surface area contributed by atoms with Crippen molar-refractivity contribution in [1.29, 1.82) is 0 Å². The molecule has 2 N–H and O–H groups in total. The Bertz CT molecular complexity index is 1190. The van der Waals surface area contributed by atoms with Crippen LogP contribution in [0, 0.1) is 5.92 Å². The van der Waals surface area contributed by atoms with Crippen LogP contribution >= 0.6 is 11.3 Å². The smallest absolute Gasteiger partial charge is 0.309 e. The van der Waals surface area contributed by atoms with Gasteiger partial charge in [0, 0.05) is 31.4 Å². The van der Waals surface area contributed by atoms with E-state index in [0.717, 1.165) is 33.3 Å². The summed E-state index contributed by atoms with van der Waals surface area (Å²) >= 11 is 1.67. The van der Waals surface area contributed by atoms with E-state index < -0.39 is 16.1 Å². The standard InChI is InChI=1S/C23H24N2O3S.CH4O3S/c1-15(2)28-20-9-7-17(8-10-20)21-11-24-22(29-21)18-5-3-16(4-6-18)12-25-13-19(14-25)23(26)27;1-5(2,3)4/h3-11,15,19H,12-14H2,1-2H3,(H,26,27);1H3,(H,2,3,4). The van der Waals surface area contributed by atoms with Crippen molar-refractivity contribution in [2.45, 2.75) is 26.5 Å². The molecule has 182 valence electrons. The Morgan fingerprint density at radius 3 is 2.21 bits per heavy atom. The number of carbonyl (C=O) groups is 1. The Morgan fingerprint density at radius 1 is 1.12 bits per heavy atom. The SMILES string of the molecule is CC(C)Oc1ccc(-c2cnc(-c3ccc(CN4CC(C(=O)O)C4)cc3)s2)cc1.CS(=O)(=O)O. The summed E-state index contributed by atoms with van der Waals surface area (Å²) in [6.45, 7) is 6.09.